The molecule has 2 rings (SSSR count). The SMILES string of the molecule is c1ccc(Cc2cccnc2)cccsc1. The second-order valence-electron chi connectivity index (χ2n) is 3.43. The minimum absolute atomic E-state index is 0.924. The van der Waals surface area contributed by atoms with Crippen molar-refractivity contribution in [2.24, 2.45) is 0 Å². The van der Waals surface area contributed by atoms with E-state index in [2.05, 4.69) is 52.1 Å². The Morgan fingerprint density at radius 1 is 0.875 bits per heavy atom. The zero-order chi connectivity index (χ0) is 11.1. The Hall–Kier alpha value is -1.67. The highest BCUT2D eigenvalue weighted by molar-refractivity contribution is 7.07. The van der Waals surface area contributed by atoms with E-state index in [4.69, 9.17) is 0 Å². The molecule has 2 heteroatoms. The summed E-state index contributed by atoms with van der Waals surface area (Å²) in [6, 6.07) is 14.6. The molecule has 0 unspecified atom stereocenters. The van der Waals surface area contributed by atoms with Gasteiger partial charge in [-0.25, -0.2) is 0 Å². The smallest absolute Gasteiger partial charge is 0.0303 e. The van der Waals surface area contributed by atoms with Crippen molar-refractivity contribution in [3.05, 3.63) is 76.7 Å². The molecule has 2 aromatic heterocycles. The van der Waals surface area contributed by atoms with Gasteiger partial charge in [0.25, 0.3) is 0 Å². The Balaban J connectivity index is 2.26. The molecule has 2 heterocycles. The average molecular weight is 227 g/mol. The first-order valence-electron chi connectivity index (χ1n) is 5.18. The number of hydrogen-bond acceptors (Lipinski definition) is 2. The van der Waals surface area contributed by atoms with Crippen LogP contribution in [0.2, 0.25) is 0 Å². The molecule has 0 spiro atoms. The van der Waals surface area contributed by atoms with Crippen LogP contribution in [0.25, 0.3) is 0 Å². The van der Waals surface area contributed by atoms with Crippen molar-refractivity contribution in [1.29, 1.82) is 0 Å². The number of hydrogen-bond donors (Lipinski definition) is 0. The highest BCUT2D eigenvalue weighted by Gasteiger charge is 1.92. The normalized spacial score (nSPS) is 9.50. The van der Waals surface area contributed by atoms with Crippen LogP contribution in [0.4, 0.5) is 0 Å². The van der Waals surface area contributed by atoms with Gasteiger partial charge in [0.1, 0.15) is 0 Å². The van der Waals surface area contributed by atoms with Gasteiger partial charge in [0.05, 0.1) is 0 Å². The maximum atomic E-state index is 4.12. The Labute approximate surface area is 99.8 Å². The fourth-order valence-corrected chi connectivity index (χ4v) is 1.88. The van der Waals surface area contributed by atoms with Crippen LogP contribution in [0.1, 0.15) is 11.1 Å². The van der Waals surface area contributed by atoms with Crippen LogP contribution in [-0.2, 0) is 6.42 Å². The van der Waals surface area contributed by atoms with Crippen LogP contribution in [0.15, 0.2) is 65.6 Å². The van der Waals surface area contributed by atoms with Crippen LogP contribution in [-0.4, -0.2) is 4.98 Å². The van der Waals surface area contributed by atoms with Gasteiger partial charge in [-0.1, -0.05) is 36.4 Å². The third kappa shape index (κ3) is 3.48. The number of aromatic nitrogens is 1. The van der Waals surface area contributed by atoms with Crippen LogP contribution >= 0.6 is 11.3 Å². The summed E-state index contributed by atoms with van der Waals surface area (Å²) in [5.74, 6) is 0. The zero-order valence-corrected chi connectivity index (χ0v) is 9.73. The summed E-state index contributed by atoms with van der Waals surface area (Å²) in [6.07, 6.45) is 4.64. The van der Waals surface area contributed by atoms with Gasteiger partial charge >= 0.3 is 0 Å². The molecular weight excluding hydrogens is 214 g/mol. The summed E-state index contributed by atoms with van der Waals surface area (Å²) in [5.41, 5.74) is 2.53. The Bertz CT molecular complexity index is 451. The lowest BCUT2D eigenvalue weighted by Crippen LogP contribution is -1.86. The molecule has 0 radical (unpaired) electrons. The van der Waals surface area contributed by atoms with E-state index in [1.165, 1.54) is 11.1 Å². The second kappa shape index (κ2) is 6.03. The van der Waals surface area contributed by atoms with Crippen LogP contribution in [0.5, 0.6) is 0 Å². The molecule has 0 fully saturated rings. The van der Waals surface area contributed by atoms with E-state index < -0.39 is 0 Å². The van der Waals surface area contributed by atoms with E-state index in [0.717, 1.165) is 6.42 Å². The molecule has 0 bridgehead atoms. The summed E-state index contributed by atoms with van der Waals surface area (Å²) in [6.45, 7) is 0. The van der Waals surface area contributed by atoms with Crippen molar-refractivity contribution < 1.29 is 0 Å². The van der Waals surface area contributed by atoms with Crippen molar-refractivity contribution in [2.45, 2.75) is 6.42 Å². The van der Waals surface area contributed by atoms with Gasteiger partial charge in [-0.2, -0.15) is 11.3 Å². The molecular formula is C14H13NS. The summed E-state index contributed by atoms with van der Waals surface area (Å²) < 4.78 is 0. The third-order valence-electron chi connectivity index (χ3n) is 2.18. The molecule has 80 valence electrons. The van der Waals surface area contributed by atoms with Crippen LogP contribution < -0.4 is 0 Å². The second-order valence-corrected chi connectivity index (χ2v) is 4.25. The summed E-state index contributed by atoms with van der Waals surface area (Å²) in [5, 5.41) is 4.14. The Kier molecular flexibility index (Phi) is 4.08. The maximum Gasteiger partial charge on any atom is 0.0303 e. The fourth-order valence-electron chi connectivity index (χ4n) is 1.44. The Morgan fingerprint density at radius 3 is 2.56 bits per heavy atom. The zero-order valence-electron chi connectivity index (χ0n) is 8.91. The molecule has 0 aliphatic heterocycles. The van der Waals surface area contributed by atoms with Crippen molar-refractivity contribution in [2.75, 3.05) is 0 Å². The molecule has 0 saturated heterocycles. The van der Waals surface area contributed by atoms with E-state index >= 15 is 0 Å². The van der Waals surface area contributed by atoms with Gasteiger partial charge in [0, 0.05) is 12.4 Å². The van der Waals surface area contributed by atoms with E-state index in [-0.39, 0.29) is 0 Å². The van der Waals surface area contributed by atoms with E-state index in [1.807, 2.05) is 12.3 Å². The van der Waals surface area contributed by atoms with Crippen LogP contribution in [0, 0.1) is 0 Å². The van der Waals surface area contributed by atoms with Crippen LogP contribution in [0.3, 0.4) is 0 Å². The Morgan fingerprint density at radius 2 is 1.69 bits per heavy atom. The molecule has 0 aromatic carbocycles. The number of rotatable bonds is 2. The van der Waals surface area contributed by atoms with Crippen molar-refractivity contribution in [1.82, 2.24) is 4.98 Å². The third-order valence-corrected chi connectivity index (χ3v) is 2.81. The lowest BCUT2D eigenvalue weighted by molar-refractivity contribution is 1.15. The predicted molar refractivity (Wildman–Crippen MR) is 69.0 cm³/mol. The predicted octanol–water partition coefficient (Wildman–Crippen LogP) is 3.86. The van der Waals surface area contributed by atoms with E-state index in [0.29, 0.717) is 0 Å². The standard InChI is InChI=1S/C14H13NS/c1-2-9-16-10-4-7-13(5-1)11-14-6-3-8-15-12-14/h1-10,12H,11H2. The van der Waals surface area contributed by atoms with Gasteiger partial charge in [-0.05, 0) is 34.4 Å². The van der Waals surface area contributed by atoms with Gasteiger partial charge in [0.2, 0.25) is 0 Å². The minimum Gasteiger partial charge on any atom is -0.264 e. The van der Waals surface area contributed by atoms with Gasteiger partial charge < -0.3 is 0 Å². The number of pyridine rings is 1. The maximum absolute atomic E-state index is 4.12. The molecule has 0 aliphatic rings. The van der Waals surface area contributed by atoms with Gasteiger partial charge in [-0.15, -0.1) is 0 Å². The quantitative estimate of drug-likeness (QED) is 0.759. The average Bonchev–Trinajstić information content (AvgIpc) is 2.45. The molecule has 0 N–H and O–H groups in total. The molecule has 0 saturated carbocycles. The molecule has 16 heavy (non-hydrogen) atoms. The van der Waals surface area contributed by atoms with Gasteiger partial charge in [0.15, 0.2) is 0 Å². The molecule has 1 nitrogen and oxygen atoms in total. The lowest BCUT2D eigenvalue weighted by atomic mass is 10.1. The van der Waals surface area contributed by atoms with Gasteiger partial charge in [-0.3, -0.25) is 4.98 Å². The molecule has 0 amide bonds. The summed E-state index contributed by atoms with van der Waals surface area (Å²) in [4.78, 5) is 4.12. The topological polar surface area (TPSA) is 12.9 Å². The summed E-state index contributed by atoms with van der Waals surface area (Å²) >= 11 is 1.68. The van der Waals surface area contributed by atoms with E-state index in [9.17, 15) is 0 Å². The van der Waals surface area contributed by atoms with Crippen molar-refractivity contribution in [3.8, 4) is 0 Å². The number of nitrogens with zero attached hydrogens (tertiary/aromatic N) is 1. The summed E-state index contributed by atoms with van der Waals surface area (Å²) in [7, 11) is 0. The monoisotopic (exact) mass is 227 g/mol. The first-order valence-corrected chi connectivity index (χ1v) is 6.13. The lowest BCUT2D eigenvalue weighted by Gasteiger charge is -1.98. The van der Waals surface area contributed by atoms with Crippen molar-refractivity contribution in [3.63, 3.8) is 0 Å². The van der Waals surface area contributed by atoms with Crippen molar-refractivity contribution >= 4 is 11.3 Å². The first-order chi connectivity index (χ1) is 7.95. The van der Waals surface area contributed by atoms with E-state index in [1.54, 1.807) is 17.5 Å². The minimum atomic E-state index is 0.924. The highest BCUT2D eigenvalue weighted by atomic mass is 32.1. The molecule has 2 aromatic rings. The fraction of sp³-hybridized carbons (Fsp3) is 0.0714. The first kappa shape index (κ1) is 10.8. The largest absolute Gasteiger partial charge is 0.264 e. The molecule has 0 aliphatic carbocycles. The molecule has 0 atom stereocenters. The highest BCUT2D eigenvalue weighted by Crippen LogP contribution is 2.06.